The van der Waals surface area contributed by atoms with Crippen LogP contribution in [0.4, 0.5) is 4.79 Å². The minimum atomic E-state index is -0.186. The number of carbonyl (C=O) groups is 2. The second kappa shape index (κ2) is 5.15. The van der Waals surface area contributed by atoms with Crippen LogP contribution in [-0.4, -0.2) is 47.5 Å². The minimum absolute atomic E-state index is 0.140. The first-order valence-corrected chi connectivity index (χ1v) is 8.12. The quantitative estimate of drug-likeness (QED) is 0.769. The van der Waals surface area contributed by atoms with Crippen LogP contribution < -0.4 is 9.47 Å². The van der Waals surface area contributed by atoms with Crippen molar-refractivity contribution in [3.8, 4) is 11.5 Å². The minimum Gasteiger partial charge on any atom is -0.486 e. The van der Waals surface area contributed by atoms with E-state index in [1.54, 1.807) is 4.90 Å². The fourth-order valence-electron chi connectivity index (χ4n) is 2.79. The second-order valence-corrected chi connectivity index (χ2v) is 6.56. The second-order valence-electron chi connectivity index (χ2n) is 5.71. The highest BCUT2D eigenvalue weighted by Gasteiger charge is 2.43. The van der Waals surface area contributed by atoms with E-state index in [9.17, 15) is 9.59 Å². The van der Waals surface area contributed by atoms with E-state index in [0.717, 1.165) is 22.9 Å². The molecule has 0 N–H and O–H groups in total. The molecule has 0 bridgehead atoms. The summed E-state index contributed by atoms with van der Waals surface area (Å²) in [6.07, 6.45) is 2.00. The van der Waals surface area contributed by atoms with E-state index in [4.69, 9.17) is 9.47 Å². The number of imide groups is 1. The van der Waals surface area contributed by atoms with Crippen molar-refractivity contribution in [1.82, 2.24) is 9.80 Å². The summed E-state index contributed by atoms with van der Waals surface area (Å²) >= 11 is 3.48. The van der Waals surface area contributed by atoms with Gasteiger partial charge in [0.25, 0.3) is 5.91 Å². The lowest BCUT2D eigenvalue weighted by Crippen LogP contribution is -2.33. The Morgan fingerprint density at radius 1 is 1.14 bits per heavy atom. The molecule has 3 amide bonds. The number of fused-ring (bicyclic) bond motifs is 1. The molecule has 0 atom stereocenters. The summed E-state index contributed by atoms with van der Waals surface area (Å²) in [5, 5.41) is 0. The van der Waals surface area contributed by atoms with Gasteiger partial charge in [-0.25, -0.2) is 4.79 Å². The Hall–Kier alpha value is -1.76. The highest BCUT2D eigenvalue weighted by atomic mass is 79.9. The van der Waals surface area contributed by atoms with Gasteiger partial charge in [-0.1, -0.05) is 15.9 Å². The van der Waals surface area contributed by atoms with Gasteiger partial charge < -0.3 is 14.4 Å². The van der Waals surface area contributed by atoms with Crippen molar-refractivity contribution < 1.29 is 19.1 Å². The van der Waals surface area contributed by atoms with Crippen LogP contribution in [0.25, 0.3) is 0 Å². The molecule has 116 valence electrons. The van der Waals surface area contributed by atoms with Gasteiger partial charge in [-0.2, -0.15) is 0 Å². The van der Waals surface area contributed by atoms with Crippen LogP contribution in [0.5, 0.6) is 11.5 Å². The number of ether oxygens (including phenoxy) is 2. The van der Waals surface area contributed by atoms with Crippen molar-refractivity contribution in [2.24, 2.45) is 0 Å². The Labute approximate surface area is 136 Å². The van der Waals surface area contributed by atoms with E-state index >= 15 is 0 Å². The molecule has 4 rings (SSSR count). The van der Waals surface area contributed by atoms with E-state index in [2.05, 4.69) is 15.9 Å². The van der Waals surface area contributed by atoms with Crippen LogP contribution in [-0.2, 0) is 11.3 Å². The Kier molecular flexibility index (Phi) is 3.25. The summed E-state index contributed by atoms with van der Waals surface area (Å²) in [5.41, 5.74) is 0.837. The molecule has 0 aromatic heterocycles. The van der Waals surface area contributed by atoms with E-state index in [1.807, 2.05) is 12.1 Å². The number of amides is 3. The molecular weight excluding hydrogens is 352 g/mol. The van der Waals surface area contributed by atoms with Gasteiger partial charge in [-0.15, -0.1) is 0 Å². The predicted molar refractivity (Wildman–Crippen MR) is 80.8 cm³/mol. The molecule has 2 heterocycles. The maximum absolute atomic E-state index is 12.4. The Morgan fingerprint density at radius 2 is 1.82 bits per heavy atom. The maximum Gasteiger partial charge on any atom is 0.327 e. The maximum atomic E-state index is 12.4. The van der Waals surface area contributed by atoms with Crippen LogP contribution in [0.3, 0.4) is 0 Å². The van der Waals surface area contributed by atoms with Gasteiger partial charge in [0.15, 0.2) is 11.5 Å². The lowest BCUT2D eigenvalue weighted by atomic mass is 10.2. The van der Waals surface area contributed by atoms with Crippen molar-refractivity contribution >= 4 is 27.9 Å². The average Bonchev–Trinajstić information content (AvgIpc) is 3.30. The number of hydrogen-bond donors (Lipinski definition) is 0. The Balaban J connectivity index is 1.58. The normalized spacial score (nSPS) is 20.8. The third kappa shape index (κ3) is 2.33. The standard InChI is InChI=1S/C15H15BrN2O4/c16-11-6-13-12(21-3-4-22-13)5-9(11)7-18-14(19)8-17(15(18)20)10-1-2-10/h5-6,10H,1-4,7-8H2. The molecule has 2 fully saturated rings. The third-order valence-corrected chi connectivity index (χ3v) is 4.85. The smallest absolute Gasteiger partial charge is 0.327 e. The fraction of sp³-hybridized carbons (Fsp3) is 0.467. The van der Waals surface area contributed by atoms with Crippen molar-refractivity contribution in [1.29, 1.82) is 0 Å². The van der Waals surface area contributed by atoms with Gasteiger partial charge in [0, 0.05) is 10.5 Å². The van der Waals surface area contributed by atoms with Crippen LogP contribution in [0.2, 0.25) is 0 Å². The Bertz CT molecular complexity index is 659. The summed E-state index contributed by atoms with van der Waals surface area (Å²) in [5.74, 6) is 1.20. The summed E-state index contributed by atoms with van der Waals surface area (Å²) in [6.45, 7) is 1.48. The molecule has 0 unspecified atom stereocenters. The molecule has 0 spiro atoms. The number of urea groups is 1. The molecule has 0 radical (unpaired) electrons. The van der Waals surface area contributed by atoms with E-state index in [0.29, 0.717) is 24.7 Å². The topological polar surface area (TPSA) is 59.1 Å². The van der Waals surface area contributed by atoms with Crippen LogP contribution >= 0.6 is 15.9 Å². The summed E-state index contributed by atoms with van der Waals surface area (Å²) in [4.78, 5) is 27.5. The SMILES string of the molecule is O=C1CN(C2CC2)C(=O)N1Cc1cc2c(cc1Br)OCCO2. The number of halogens is 1. The summed E-state index contributed by atoms with van der Waals surface area (Å²) < 4.78 is 11.9. The zero-order valence-electron chi connectivity index (χ0n) is 11.9. The molecule has 1 aliphatic carbocycles. The third-order valence-electron chi connectivity index (χ3n) is 4.11. The Morgan fingerprint density at radius 3 is 2.50 bits per heavy atom. The van der Waals surface area contributed by atoms with Crippen LogP contribution in [0.15, 0.2) is 16.6 Å². The average molecular weight is 367 g/mol. The first-order valence-electron chi connectivity index (χ1n) is 7.32. The molecule has 1 aromatic carbocycles. The molecule has 1 aromatic rings. The summed E-state index contributed by atoms with van der Waals surface area (Å²) in [7, 11) is 0. The van der Waals surface area contributed by atoms with Crippen molar-refractivity contribution in [2.45, 2.75) is 25.4 Å². The van der Waals surface area contributed by atoms with Gasteiger partial charge in [0.2, 0.25) is 0 Å². The molecule has 1 saturated carbocycles. The lowest BCUT2D eigenvalue weighted by molar-refractivity contribution is -0.125. The number of hydrogen-bond acceptors (Lipinski definition) is 4. The highest BCUT2D eigenvalue weighted by molar-refractivity contribution is 9.10. The van der Waals surface area contributed by atoms with Gasteiger partial charge in [0.1, 0.15) is 19.8 Å². The zero-order chi connectivity index (χ0) is 15.3. The van der Waals surface area contributed by atoms with Gasteiger partial charge in [-0.3, -0.25) is 9.69 Å². The first kappa shape index (κ1) is 13.9. The van der Waals surface area contributed by atoms with E-state index in [1.165, 1.54) is 4.90 Å². The first-order chi connectivity index (χ1) is 10.6. The number of rotatable bonds is 3. The zero-order valence-corrected chi connectivity index (χ0v) is 13.5. The molecule has 7 heteroatoms. The van der Waals surface area contributed by atoms with Crippen molar-refractivity contribution in [3.63, 3.8) is 0 Å². The van der Waals surface area contributed by atoms with Gasteiger partial charge in [0.05, 0.1) is 6.54 Å². The number of nitrogens with zero attached hydrogens (tertiary/aromatic N) is 2. The molecule has 3 aliphatic rings. The summed E-state index contributed by atoms with van der Waals surface area (Å²) in [6, 6.07) is 3.73. The lowest BCUT2D eigenvalue weighted by Gasteiger charge is -2.21. The van der Waals surface area contributed by atoms with Crippen LogP contribution in [0.1, 0.15) is 18.4 Å². The highest BCUT2D eigenvalue weighted by Crippen LogP contribution is 2.37. The van der Waals surface area contributed by atoms with Gasteiger partial charge >= 0.3 is 6.03 Å². The molecule has 1 saturated heterocycles. The van der Waals surface area contributed by atoms with Crippen LogP contribution in [0, 0.1) is 0 Å². The molecular formula is C15H15BrN2O4. The predicted octanol–water partition coefficient (Wildman–Crippen LogP) is 2.15. The fourth-order valence-corrected chi connectivity index (χ4v) is 3.23. The van der Waals surface area contributed by atoms with Crippen molar-refractivity contribution in [3.05, 3.63) is 22.2 Å². The monoisotopic (exact) mass is 366 g/mol. The van der Waals surface area contributed by atoms with Gasteiger partial charge in [-0.05, 0) is 30.5 Å². The van der Waals surface area contributed by atoms with E-state index in [-0.39, 0.29) is 31.1 Å². The largest absolute Gasteiger partial charge is 0.486 e. The van der Waals surface area contributed by atoms with E-state index < -0.39 is 0 Å². The molecule has 2 aliphatic heterocycles. The number of benzene rings is 1. The van der Waals surface area contributed by atoms with Crippen molar-refractivity contribution in [2.75, 3.05) is 19.8 Å². The molecule has 22 heavy (non-hydrogen) atoms. The number of carbonyl (C=O) groups excluding carboxylic acids is 2. The molecule has 6 nitrogen and oxygen atoms in total.